The number of amides is 1. The van der Waals surface area contributed by atoms with Crippen molar-refractivity contribution in [2.45, 2.75) is 12.5 Å². The number of nitrogens with one attached hydrogen (secondary N) is 1. The average Bonchev–Trinajstić information content (AvgIpc) is 2.54. The van der Waals surface area contributed by atoms with E-state index in [1.807, 2.05) is 30.3 Å². The van der Waals surface area contributed by atoms with Gasteiger partial charge in [0.05, 0.1) is 12.6 Å². The van der Waals surface area contributed by atoms with Gasteiger partial charge in [-0.1, -0.05) is 41.9 Å². The number of halogens is 1. The van der Waals surface area contributed by atoms with E-state index in [1.165, 1.54) is 0 Å². The molecule has 4 nitrogen and oxygen atoms in total. The quantitative estimate of drug-likeness (QED) is 0.824. The van der Waals surface area contributed by atoms with Gasteiger partial charge in [0.1, 0.15) is 5.75 Å². The molecule has 2 aromatic rings. The molecule has 1 amide bonds. The molecule has 0 bridgehead atoms. The highest BCUT2D eigenvalue weighted by molar-refractivity contribution is 6.30. The van der Waals surface area contributed by atoms with Crippen LogP contribution in [0.1, 0.15) is 5.56 Å². The Kier molecular flexibility index (Phi) is 6.25. The predicted octanol–water partition coefficient (Wildman–Crippen LogP) is 2.44. The second-order valence-electron chi connectivity index (χ2n) is 4.88. The SMILES string of the molecule is O=C(COc1ccc(Cl)cc1)N[C@H](CO)Cc1ccccc1. The molecule has 2 N–H and O–H groups in total. The van der Waals surface area contributed by atoms with Crippen molar-refractivity contribution in [1.82, 2.24) is 5.32 Å². The molecule has 0 aromatic heterocycles. The van der Waals surface area contributed by atoms with Crippen molar-refractivity contribution in [3.63, 3.8) is 0 Å². The molecule has 0 aliphatic rings. The largest absolute Gasteiger partial charge is 0.484 e. The molecule has 0 aliphatic heterocycles. The third kappa shape index (κ3) is 5.39. The lowest BCUT2D eigenvalue weighted by molar-refractivity contribution is -0.124. The van der Waals surface area contributed by atoms with Crippen LogP contribution in [0, 0.1) is 0 Å². The number of hydrogen-bond acceptors (Lipinski definition) is 3. The van der Waals surface area contributed by atoms with E-state index in [9.17, 15) is 9.90 Å². The topological polar surface area (TPSA) is 58.6 Å². The Balaban J connectivity index is 1.80. The lowest BCUT2D eigenvalue weighted by Gasteiger charge is -2.16. The maximum Gasteiger partial charge on any atom is 0.258 e. The van der Waals surface area contributed by atoms with Crippen LogP contribution in [0.3, 0.4) is 0 Å². The van der Waals surface area contributed by atoms with Gasteiger partial charge in [-0.2, -0.15) is 0 Å². The highest BCUT2D eigenvalue weighted by Crippen LogP contribution is 2.15. The first kappa shape index (κ1) is 16.3. The smallest absolute Gasteiger partial charge is 0.258 e. The van der Waals surface area contributed by atoms with Crippen molar-refractivity contribution >= 4 is 17.5 Å². The van der Waals surface area contributed by atoms with Gasteiger partial charge in [-0.05, 0) is 36.2 Å². The van der Waals surface area contributed by atoms with Crippen molar-refractivity contribution < 1.29 is 14.6 Å². The summed E-state index contributed by atoms with van der Waals surface area (Å²) in [5.41, 5.74) is 1.06. The standard InChI is InChI=1S/C17H18ClNO3/c18-14-6-8-16(9-7-14)22-12-17(21)19-15(11-20)10-13-4-2-1-3-5-13/h1-9,15,20H,10-12H2,(H,19,21)/t15-/m0/s1. The Labute approximate surface area is 134 Å². The normalized spacial score (nSPS) is 11.7. The molecule has 0 heterocycles. The zero-order chi connectivity index (χ0) is 15.8. The summed E-state index contributed by atoms with van der Waals surface area (Å²) in [6.45, 7) is -0.228. The molecular weight excluding hydrogens is 302 g/mol. The minimum absolute atomic E-state index is 0.104. The van der Waals surface area contributed by atoms with E-state index in [0.29, 0.717) is 17.2 Å². The summed E-state index contributed by atoms with van der Waals surface area (Å²) in [7, 11) is 0. The summed E-state index contributed by atoms with van der Waals surface area (Å²) in [5.74, 6) is 0.299. The highest BCUT2D eigenvalue weighted by atomic mass is 35.5. The molecule has 2 rings (SSSR count). The van der Waals surface area contributed by atoms with Gasteiger partial charge in [0.25, 0.3) is 5.91 Å². The molecule has 22 heavy (non-hydrogen) atoms. The van der Waals surface area contributed by atoms with Crippen LogP contribution < -0.4 is 10.1 Å². The number of carbonyl (C=O) groups excluding carboxylic acids is 1. The average molecular weight is 320 g/mol. The van der Waals surface area contributed by atoms with Gasteiger partial charge in [-0.3, -0.25) is 4.79 Å². The fourth-order valence-corrected chi connectivity index (χ4v) is 2.13. The van der Waals surface area contributed by atoms with E-state index in [0.717, 1.165) is 5.56 Å². The van der Waals surface area contributed by atoms with E-state index < -0.39 is 0 Å². The van der Waals surface area contributed by atoms with Crippen molar-refractivity contribution in [3.8, 4) is 5.75 Å². The van der Waals surface area contributed by atoms with Crippen molar-refractivity contribution in [2.75, 3.05) is 13.2 Å². The molecule has 1 atom stereocenters. The number of rotatable bonds is 7. The molecule has 116 valence electrons. The number of aliphatic hydroxyl groups is 1. The Morgan fingerprint density at radius 3 is 2.45 bits per heavy atom. The first-order valence-electron chi connectivity index (χ1n) is 7.00. The lowest BCUT2D eigenvalue weighted by atomic mass is 10.1. The molecule has 0 unspecified atom stereocenters. The maximum absolute atomic E-state index is 11.9. The molecule has 5 heteroatoms. The third-order valence-electron chi connectivity index (χ3n) is 3.09. The molecule has 0 aliphatic carbocycles. The molecule has 0 saturated carbocycles. The second kappa shape index (κ2) is 8.41. The van der Waals surface area contributed by atoms with Crippen molar-refractivity contribution in [1.29, 1.82) is 0 Å². The summed E-state index contributed by atoms with van der Waals surface area (Å²) in [6, 6.07) is 16.1. The van der Waals surface area contributed by atoms with Gasteiger partial charge in [-0.15, -0.1) is 0 Å². The number of carbonyl (C=O) groups is 1. The number of benzene rings is 2. The fourth-order valence-electron chi connectivity index (χ4n) is 2.01. The van der Waals surface area contributed by atoms with Crippen LogP contribution in [0.2, 0.25) is 5.02 Å². The number of ether oxygens (including phenoxy) is 1. The Morgan fingerprint density at radius 2 is 1.82 bits per heavy atom. The fraction of sp³-hybridized carbons (Fsp3) is 0.235. The maximum atomic E-state index is 11.9. The third-order valence-corrected chi connectivity index (χ3v) is 3.35. The summed E-state index contributed by atoms with van der Waals surface area (Å²) in [4.78, 5) is 11.9. The lowest BCUT2D eigenvalue weighted by Crippen LogP contribution is -2.41. The molecular formula is C17H18ClNO3. The van der Waals surface area contributed by atoms with E-state index in [1.54, 1.807) is 24.3 Å². The Hall–Kier alpha value is -2.04. The Morgan fingerprint density at radius 1 is 1.14 bits per heavy atom. The van der Waals surface area contributed by atoms with Gasteiger partial charge in [0.15, 0.2) is 6.61 Å². The number of aliphatic hydroxyl groups excluding tert-OH is 1. The van der Waals surface area contributed by atoms with E-state index in [4.69, 9.17) is 16.3 Å². The van der Waals surface area contributed by atoms with Crippen LogP contribution in [-0.4, -0.2) is 30.3 Å². The van der Waals surface area contributed by atoms with Crippen molar-refractivity contribution in [2.24, 2.45) is 0 Å². The van der Waals surface area contributed by atoms with Crippen LogP contribution >= 0.6 is 11.6 Å². The van der Waals surface area contributed by atoms with Crippen LogP contribution in [0.25, 0.3) is 0 Å². The van der Waals surface area contributed by atoms with Crippen LogP contribution in [0.4, 0.5) is 0 Å². The van der Waals surface area contributed by atoms with Crippen LogP contribution in [0.15, 0.2) is 54.6 Å². The predicted molar refractivity (Wildman–Crippen MR) is 86.1 cm³/mol. The molecule has 2 aromatic carbocycles. The minimum atomic E-state index is -0.330. The molecule has 0 saturated heterocycles. The summed E-state index contributed by atoms with van der Waals surface area (Å²) < 4.78 is 5.37. The minimum Gasteiger partial charge on any atom is -0.484 e. The monoisotopic (exact) mass is 319 g/mol. The molecule has 0 radical (unpaired) electrons. The van der Waals surface area contributed by atoms with Crippen LogP contribution in [0.5, 0.6) is 5.75 Å². The van der Waals surface area contributed by atoms with Crippen LogP contribution in [-0.2, 0) is 11.2 Å². The zero-order valence-electron chi connectivity index (χ0n) is 12.0. The van der Waals surface area contributed by atoms with E-state index in [-0.39, 0.29) is 25.2 Å². The first-order valence-corrected chi connectivity index (χ1v) is 7.37. The molecule has 0 spiro atoms. The zero-order valence-corrected chi connectivity index (χ0v) is 12.8. The first-order chi connectivity index (χ1) is 10.7. The summed E-state index contributed by atoms with van der Waals surface area (Å²) >= 11 is 5.78. The van der Waals surface area contributed by atoms with Crippen molar-refractivity contribution in [3.05, 3.63) is 65.2 Å². The van der Waals surface area contributed by atoms with Gasteiger partial charge >= 0.3 is 0 Å². The van der Waals surface area contributed by atoms with E-state index in [2.05, 4.69) is 5.32 Å². The van der Waals surface area contributed by atoms with Gasteiger partial charge in [-0.25, -0.2) is 0 Å². The van der Waals surface area contributed by atoms with Gasteiger partial charge < -0.3 is 15.2 Å². The highest BCUT2D eigenvalue weighted by Gasteiger charge is 2.12. The van der Waals surface area contributed by atoms with Gasteiger partial charge in [0, 0.05) is 5.02 Å². The number of hydrogen-bond donors (Lipinski definition) is 2. The summed E-state index contributed by atoms with van der Waals surface area (Å²) in [5, 5.41) is 12.7. The second-order valence-corrected chi connectivity index (χ2v) is 5.32. The van der Waals surface area contributed by atoms with Gasteiger partial charge in [0.2, 0.25) is 0 Å². The van der Waals surface area contributed by atoms with E-state index >= 15 is 0 Å². The summed E-state index contributed by atoms with van der Waals surface area (Å²) in [6.07, 6.45) is 0.573. The molecule has 0 fully saturated rings. The Bertz CT molecular complexity index is 587.